The van der Waals surface area contributed by atoms with Crippen LogP contribution >= 0.6 is 0 Å². The number of hydrogen-bond acceptors (Lipinski definition) is 3. The molecule has 0 saturated heterocycles. The Hall–Kier alpha value is -3.07. The molecule has 24 heavy (non-hydrogen) atoms. The average molecular weight is 318 g/mol. The summed E-state index contributed by atoms with van der Waals surface area (Å²) in [4.78, 5) is 12.1. The molecular formula is C21H18O3. The molecule has 0 amide bonds. The number of carbonyl (C=O) groups is 1. The summed E-state index contributed by atoms with van der Waals surface area (Å²) in [5, 5.41) is 10.3. The Kier molecular flexibility index (Phi) is 4.62. The first-order valence-electron chi connectivity index (χ1n) is 7.85. The summed E-state index contributed by atoms with van der Waals surface area (Å²) in [6, 6.07) is 22.4. The van der Waals surface area contributed by atoms with E-state index in [2.05, 4.69) is 0 Å². The molecule has 3 heteroatoms. The van der Waals surface area contributed by atoms with Gasteiger partial charge in [-0.05, 0) is 41.8 Å². The van der Waals surface area contributed by atoms with Crippen LogP contribution in [0.3, 0.4) is 0 Å². The number of hydrogen-bond donors (Lipinski definition) is 1. The highest BCUT2D eigenvalue weighted by Gasteiger charge is 2.15. The molecule has 0 bridgehead atoms. The third-order valence-corrected chi connectivity index (χ3v) is 3.81. The Bertz CT molecular complexity index is 854. The minimum atomic E-state index is -0.367. The highest BCUT2D eigenvalue weighted by Crippen LogP contribution is 2.37. The van der Waals surface area contributed by atoms with Gasteiger partial charge >= 0.3 is 5.97 Å². The van der Waals surface area contributed by atoms with Gasteiger partial charge in [0.2, 0.25) is 0 Å². The first kappa shape index (κ1) is 15.8. The largest absolute Gasteiger partial charge is 0.507 e. The molecule has 3 aromatic carbocycles. The van der Waals surface area contributed by atoms with E-state index in [0.29, 0.717) is 17.7 Å². The average Bonchev–Trinajstić information content (AvgIpc) is 2.62. The molecule has 3 rings (SSSR count). The van der Waals surface area contributed by atoms with Gasteiger partial charge < -0.3 is 9.84 Å². The lowest BCUT2D eigenvalue weighted by atomic mass is 9.92. The van der Waals surface area contributed by atoms with Crippen molar-refractivity contribution in [3.8, 4) is 28.0 Å². The minimum absolute atomic E-state index is 0.177. The van der Waals surface area contributed by atoms with Gasteiger partial charge in [-0.15, -0.1) is 0 Å². The van der Waals surface area contributed by atoms with Crippen LogP contribution in [0.5, 0.6) is 5.75 Å². The zero-order valence-corrected chi connectivity index (χ0v) is 13.4. The zero-order valence-electron chi connectivity index (χ0n) is 13.4. The maximum Gasteiger partial charge on any atom is 0.338 e. The van der Waals surface area contributed by atoms with E-state index in [1.807, 2.05) is 48.5 Å². The number of phenols is 1. The third-order valence-electron chi connectivity index (χ3n) is 3.81. The molecular weight excluding hydrogens is 300 g/mol. The first-order chi connectivity index (χ1) is 11.7. The van der Waals surface area contributed by atoms with E-state index in [1.165, 1.54) is 0 Å². The Morgan fingerprint density at radius 3 is 2.29 bits per heavy atom. The predicted octanol–water partition coefficient (Wildman–Crippen LogP) is 4.90. The molecule has 0 radical (unpaired) electrons. The maximum absolute atomic E-state index is 12.1. The van der Waals surface area contributed by atoms with Crippen molar-refractivity contribution in [2.45, 2.75) is 6.92 Å². The van der Waals surface area contributed by atoms with Crippen molar-refractivity contribution in [3.63, 3.8) is 0 Å². The summed E-state index contributed by atoms with van der Waals surface area (Å²) in [5.41, 5.74) is 3.92. The number of carbonyl (C=O) groups excluding carboxylic acids is 1. The molecule has 0 fully saturated rings. The number of benzene rings is 3. The number of aromatic hydroxyl groups is 1. The molecule has 0 saturated carbocycles. The maximum atomic E-state index is 12.1. The Morgan fingerprint density at radius 1 is 0.875 bits per heavy atom. The van der Waals surface area contributed by atoms with E-state index in [0.717, 1.165) is 16.7 Å². The number of ether oxygens (including phenoxy) is 1. The van der Waals surface area contributed by atoms with Gasteiger partial charge in [-0.2, -0.15) is 0 Å². The van der Waals surface area contributed by atoms with Crippen molar-refractivity contribution < 1.29 is 14.6 Å². The third kappa shape index (κ3) is 3.15. The molecule has 0 aliphatic rings. The number of phenolic OH excluding ortho intramolecular Hbond substituents is 1. The van der Waals surface area contributed by atoms with Crippen LogP contribution in [0, 0.1) is 0 Å². The Labute approximate surface area is 141 Å². The van der Waals surface area contributed by atoms with Crippen molar-refractivity contribution in [2.24, 2.45) is 0 Å². The second-order valence-corrected chi connectivity index (χ2v) is 5.36. The molecule has 0 aromatic heterocycles. The van der Waals surface area contributed by atoms with Gasteiger partial charge in [0.05, 0.1) is 12.2 Å². The lowest BCUT2D eigenvalue weighted by Gasteiger charge is -2.13. The van der Waals surface area contributed by atoms with Crippen LogP contribution in [0.4, 0.5) is 0 Å². The molecule has 0 atom stereocenters. The minimum Gasteiger partial charge on any atom is -0.507 e. The van der Waals surface area contributed by atoms with Crippen molar-refractivity contribution >= 4 is 5.97 Å². The molecule has 0 aliphatic heterocycles. The first-order valence-corrected chi connectivity index (χ1v) is 7.85. The monoisotopic (exact) mass is 318 g/mol. The van der Waals surface area contributed by atoms with Crippen molar-refractivity contribution in [1.82, 2.24) is 0 Å². The van der Waals surface area contributed by atoms with E-state index in [9.17, 15) is 9.90 Å². The second kappa shape index (κ2) is 7.01. The number of para-hydroxylation sites is 1. The highest BCUT2D eigenvalue weighted by molar-refractivity contribution is 5.95. The van der Waals surface area contributed by atoms with Gasteiger partial charge in [-0.3, -0.25) is 0 Å². The van der Waals surface area contributed by atoms with Crippen molar-refractivity contribution in [1.29, 1.82) is 0 Å². The zero-order chi connectivity index (χ0) is 16.9. The van der Waals surface area contributed by atoms with Crippen LogP contribution in [0.2, 0.25) is 0 Å². The lowest BCUT2D eigenvalue weighted by molar-refractivity contribution is 0.0526. The molecule has 3 aromatic rings. The van der Waals surface area contributed by atoms with Crippen LogP contribution in [-0.2, 0) is 4.74 Å². The summed E-state index contributed by atoms with van der Waals surface area (Å²) in [7, 11) is 0. The van der Waals surface area contributed by atoms with Crippen molar-refractivity contribution in [3.05, 3.63) is 78.4 Å². The summed E-state index contributed by atoms with van der Waals surface area (Å²) < 4.78 is 5.09. The van der Waals surface area contributed by atoms with Gasteiger partial charge in [0.25, 0.3) is 0 Å². The van der Waals surface area contributed by atoms with Crippen LogP contribution in [0.1, 0.15) is 17.3 Å². The predicted molar refractivity (Wildman–Crippen MR) is 94.9 cm³/mol. The molecule has 0 aliphatic carbocycles. The number of rotatable bonds is 4. The van der Waals surface area contributed by atoms with Crippen LogP contribution in [0.15, 0.2) is 72.8 Å². The van der Waals surface area contributed by atoms with Gasteiger partial charge in [0.1, 0.15) is 5.75 Å². The molecule has 0 spiro atoms. The Balaban J connectivity index is 2.20. The standard InChI is InChI=1S/C21H18O3/c1-2-24-21(23)16-12-13-17(15-8-4-3-5-9-15)19(14-16)18-10-6-7-11-20(18)22/h3-14,22H,2H2,1H3. The van der Waals surface area contributed by atoms with Crippen LogP contribution < -0.4 is 0 Å². The van der Waals surface area contributed by atoms with Crippen molar-refractivity contribution in [2.75, 3.05) is 6.61 Å². The van der Waals surface area contributed by atoms with Gasteiger partial charge in [-0.1, -0.05) is 54.6 Å². The van der Waals surface area contributed by atoms with Gasteiger partial charge in [-0.25, -0.2) is 4.79 Å². The van der Waals surface area contributed by atoms with Gasteiger partial charge in [0, 0.05) is 5.56 Å². The summed E-state index contributed by atoms with van der Waals surface area (Å²) >= 11 is 0. The Morgan fingerprint density at radius 2 is 1.58 bits per heavy atom. The van der Waals surface area contributed by atoms with E-state index in [-0.39, 0.29) is 11.7 Å². The fourth-order valence-electron chi connectivity index (χ4n) is 2.68. The summed E-state index contributed by atoms with van der Waals surface area (Å²) in [6.07, 6.45) is 0. The van der Waals surface area contributed by atoms with E-state index < -0.39 is 0 Å². The quantitative estimate of drug-likeness (QED) is 0.696. The normalized spacial score (nSPS) is 10.4. The fourth-order valence-corrected chi connectivity index (χ4v) is 2.68. The van der Waals surface area contributed by atoms with E-state index in [4.69, 9.17) is 4.74 Å². The topological polar surface area (TPSA) is 46.5 Å². The van der Waals surface area contributed by atoms with E-state index >= 15 is 0 Å². The van der Waals surface area contributed by atoms with Crippen LogP contribution in [-0.4, -0.2) is 17.7 Å². The van der Waals surface area contributed by atoms with Crippen LogP contribution in [0.25, 0.3) is 22.3 Å². The fraction of sp³-hybridized carbons (Fsp3) is 0.0952. The smallest absolute Gasteiger partial charge is 0.338 e. The molecule has 0 heterocycles. The molecule has 0 unspecified atom stereocenters. The highest BCUT2D eigenvalue weighted by atomic mass is 16.5. The summed E-state index contributed by atoms with van der Waals surface area (Å²) in [6.45, 7) is 2.10. The molecule has 1 N–H and O–H groups in total. The molecule has 120 valence electrons. The SMILES string of the molecule is CCOC(=O)c1ccc(-c2ccccc2)c(-c2ccccc2O)c1. The lowest BCUT2D eigenvalue weighted by Crippen LogP contribution is -2.05. The van der Waals surface area contributed by atoms with Gasteiger partial charge in [0.15, 0.2) is 0 Å². The second-order valence-electron chi connectivity index (χ2n) is 5.36. The molecule has 3 nitrogen and oxygen atoms in total. The number of esters is 1. The summed E-state index contributed by atoms with van der Waals surface area (Å²) in [5.74, 6) is -0.190. The van der Waals surface area contributed by atoms with E-state index in [1.54, 1.807) is 31.2 Å².